The van der Waals surface area contributed by atoms with E-state index in [9.17, 15) is 34.5 Å². The largest absolute Gasteiger partial charge is 0.508 e. The number of fused-ring (bicyclic) bond motifs is 1. The molecule has 2 aliphatic heterocycles. The highest BCUT2D eigenvalue weighted by atomic mass is 32.1. The molecule has 6 aromatic rings. The minimum Gasteiger partial charge on any atom is -0.508 e. The number of pyridine rings is 1. The zero-order chi connectivity index (χ0) is 55.0. The number of β-amino-alcohol motifs (C(OH)–C–C–N with tert-alkyl or cyclic N) is 1. The van der Waals surface area contributed by atoms with Crippen LogP contribution in [0.3, 0.4) is 0 Å². The number of hydrogen-bond donors (Lipinski definition) is 6. The van der Waals surface area contributed by atoms with E-state index in [0.717, 1.165) is 85.9 Å². The van der Waals surface area contributed by atoms with Gasteiger partial charge in [-0.15, -0.1) is 17.9 Å². The molecule has 0 spiro atoms. The number of phenolic OH excluding ortho intramolecular Hbond substituents is 1. The van der Waals surface area contributed by atoms with Crippen molar-refractivity contribution in [2.24, 2.45) is 5.41 Å². The molecule has 6 heterocycles. The van der Waals surface area contributed by atoms with Gasteiger partial charge in [-0.1, -0.05) is 57.9 Å². The van der Waals surface area contributed by atoms with Crippen LogP contribution in [0.15, 0.2) is 89.8 Å². The first-order valence-electron chi connectivity index (χ1n) is 26.3. The second-order valence-electron chi connectivity index (χ2n) is 21.4. The molecule has 21 heteroatoms. The number of aromatic nitrogens is 6. The van der Waals surface area contributed by atoms with E-state index in [1.54, 1.807) is 60.4 Å². The van der Waals surface area contributed by atoms with Crippen LogP contribution in [0.4, 0.5) is 17.3 Å². The number of carbonyl (C=O) groups excluding carboxylic acids is 3. The molecule has 77 heavy (non-hydrogen) atoms. The number of piperazine rings is 1. The van der Waals surface area contributed by atoms with E-state index >= 15 is 0 Å². The quantitative estimate of drug-likeness (QED) is 0.0349. The van der Waals surface area contributed by atoms with E-state index in [0.29, 0.717) is 40.7 Å². The number of unbranched alkanes of at least 4 members (excludes halogenated alkanes) is 3. The number of phenols is 1. The number of amides is 3. The molecule has 20 nitrogen and oxygen atoms in total. The van der Waals surface area contributed by atoms with Gasteiger partial charge >= 0.3 is 0 Å². The first-order valence-corrected chi connectivity index (χ1v) is 27.2. The van der Waals surface area contributed by atoms with Gasteiger partial charge in [0.1, 0.15) is 35.4 Å². The predicted octanol–water partition coefficient (Wildman–Crippen LogP) is 5.78. The number of nitrogens with zero attached hydrogens (tertiary/aromatic N) is 9. The fourth-order valence-corrected chi connectivity index (χ4v) is 10.5. The van der Waals surface area contributed by atoms with Crippen LogP contribution in [0.5, 0.6) is 5.75 Å². The molecule has 3 atom stereocenters. The molecule has 410 valence electrons. The summed E-state index contributed by atoms with van der Waals surface area (Å²) in [6.07, 6.45) is 6.12. The second kappa shape index (κ2) is 24.5. The molecule has 2 aromatic carbocycles. The van der Waals surface area contributed by atoms with Gasteiger partial charge in [0.05, 0.1) is 34.4 Å². The highest BCUT2D eigenvalue weighted by Crippen LogP contribution is 2.32. The minimum atomic E-state index is -1.19. The molecular formula is C56H72N12O8S. The third-order valence-corrected chi connectivity index (χ3v) is 15.0. The first kappa shape index (κ1) is 56.2. The van der Waals surface area contributed by atoms with Crippen LogP contribution in [0.1, 0.15) is 83.7 Å². The number of aryl methyl sites for hydroxylation is 1. The Morgan fingerprint density at radius 1 is 0.961 bits per heavy atom. The molecule has 0 unspecified atom stereocenters. The highest BCUT2D eigenvalue weighted by Gasteiger charge is 2.44. The van der Waals surface area contributed by atoms with Gasteiger partial charge in [-0.2, -0.15) is 4.98 Å². The third-order valence-electron chi connectivity index (χ3n) is 14.0. The van der Waals surface area contributed by atoms with E-state index < -0.39 is 46.9 Å². The number of anilines is 3. The van der Waals surface area contributed by atoms with Crippen molar-refractivity contribution in [1.82, 2.24) is 49.7 Å². The van der Waals surface area contributed by atoms with E-state index in [1.807, 2.05) is 45.9 Å². The molecule has 2 saturated heterocycles. The SMILES string of the molecule is C=CCn1c(=O)c2cnc(Nc3ccc(N4CCN(CCCCCCOCC(=O)N[C@H](C(=O)N5C[C@H](O)C[C@H]5C(=O)NCc5ccc(-c6scnc6C)cc5O)C(C)(C)C)CC4)cc3)nc2n1-c1cccc(C(C)(C)O)n1. The number of nitrogens with one attached hydrogen (secondary N) is 3. The summed E-state index contributed by atoms with van der Waals surface area (Å²) in [7, 11) is 0. The number of ether oxygens (including phenoxy) is 1. The average molecular weight is 1070 g/mol. The van der Waals surface area contributed by atoms with Gasteiger partial charge in [-0.3, -0.25) is 24.1 Å². The fraction of sp³-hybridized carbons (Fsp3) is 0.464. The minimum absolute atomic E-state index is 0.0231. The Kier molecular flexibility index (Phi) is 17.9. The van der Waals surface area contributed by atoms with E-state index in [-0.39, 0.29) is 44.0 Å². The highest BCUT2D eigenvalue weighted by molar-refractivity contribution is 7.13. The van der Waals surface area contributed by atoms with Crippen molar-refractivity contribution in [2.45, 2.75) is 111 Å². The number of aromatic hydroxyl groups is 1. The lowest BCUT2D eigenvalue weighted by Gasteiger charge is -2.36. The standard InChI is InChI=1S/C56H72N12O8S/c1-8-22-67-52(73)42-32-58-54(63-50(42)68(67)46-15-13-14-45(61-46)56(6,7)75)60-39-18-20-40(21-19-39)65-26-24-64(25-27-65)23-11-9-10-12-28-76-34-47(71)62-49(55(3,4)5)53(74)66-33-41(69)30-43(66)51(72)57-31-38-17-16-37(29-44(38)70)48-36(2)59-35-77-48/h8,13-21,29,32,35,41,43,49,69-70,75H,1,9-12,22-28,30-31,33-34H2,2-7H3,(H,57,72)(H,62,71)(H,58,60,63)/t41-,43+,49-/m1/s1. The molecule has 8 rings (SSSR count). The fourth-order valence-electron chi connectivity index (χ4n) is 9.72. The van der Waals surface area contributed by atoms with E-state index in [1.165, 1.54) is 27.1 Å². The average Bonchev–Trinajstić information content (AvgIpc) is 4.10. The Morgan fingerprint density at radius 2 is 1.71 bits per heavy atom. The topological polar surface area (TPSA) is 245 Å². The number of allylic oxidation sites excluding steroid dienone is 1. The normalized spacial score (nSPS) is 16.7. The summed E-state index contributed by atoms with van der Waals surface area (Å²) < 4.78 is 8.87. The van der Waals surface area contributed by atoms with Crippen LogP contribution in [0, 0.1) is 12.3 Å². The monoisotopic (exact) mass is 1070 g/mol. The van der Waals surface area contributed by atoms with Gasteiger partial charge in [0, 0.05) is 75.4 Å². The zero-order valence-electron chi connectivity index (χ0n) is 44.9. The van der Waals surface area contributed by atoms with Crippen molar-refractivity contribution in [2.75, 3.05) is 62.7 Å². The van der Waals surface area contributed by atoms with Crippen molar-refractivity contribution >= 4 is 57.4 Å². The number of likely N-dealkylation sites (tertiary alicyclic amines) is 1. The van der Waals surface area contributed by atoms with Crippen molar-refractivity contribution < 1.29 is 34.4 Å². The summed E-state index contributed by atoms with van der Waals surface area (Å²) in [5.74, 6) is -0.578. The lowest BCUT2D eigenvalue weighted by atomic mass is 9.85. The Bertz CT molecular complexity index is 3100. The maximum Gasteiger partial charge on any atom is 0.278 e. The Labute approximate surface area is 452 Å². The lowest BCUT2D eigenvalue weighted by molar-refractivity contribution is -0.144. The Morgan fingerprint density at radius 3 is 2.40 bits per heavy atom. The third kappa shape index (κ3) is 13.7. The molecule has 0 aliphatic carbocycles. The summed E-state index contributed by atoms with van der Waals surface area (Å²) >= 11 is 1.48. The summed E-state index contributed by atoms with van der Waals surface area (Å²) in [4.78, 5) is 79.4. The van der Waals surface area contributed by atoms with Gasteiger partial charge in [-0.05, 0) is 93.6 Å². The molecule has 3 amide bonds. The molecule has 2 fully saturated rings. The van der Waals surface area contributed by atoms with Crippen molar-refractivity contribution in [1.29, 1.82) is 0 Å². The summed E-state index contributed by atoms with van der Waals surface area (Å²) in [5, 5.41) is 41.3. The number of carbonyl (C=O) groups is 3. The zero-order valence-corrected chi connectivity index (χ0v) is 45.7. The van der Waals surface area contributed by atoms with Crippen molar-refractivity contribution in [3.05, 3.63) is 112 Å². The second-order valence-corrected chi connectivity index (χ2v) is 22.3. The van der Waals surface area contributed by atoms with Gasteiger partial charge in [0.2, 0.25) is 23.7 Å². The van der Waals surface area contributed by atoms with Gasteiger partial charge in [0.25, 0.3) is 5.56 Å². The van der Waals surface area contributed by atoms with Crippen LogP contribution in [-0.2, 0) is 37.8 Å². The van der Waals surface area contributed by atoms with Crippen LogP contribution in [0.25, 0.3) is 27.3 Å². The number of rotatable bonds is 22. The lowest BCUT2D eigenvalue weighted by Crippen LogP contribution is -2.58. The first-order chi connectivity index (χ1) is 36.8. The predicted molar refractivity (Wildman–Crippen MR) is 297 cm³/mol. The maximum absolute atomic E-state index is 14.0. The van der Waals surface area contributed by atoms with Gasteiger partial charge in [-0.25, -0.2) is 24.3 Å². The van der Waals surface area contributed by atoms with Crippen LogP contribution in [0.2, 0.25) is 0 Å². The number of benzene rings is 2. The molecule has 0 radical (unpaired) electrons. The molecule has 4 aromatic heterocycles. The Balaban J connectivity index is 0.730. The van der Waals surface area contributed by atoms with E-state index in [4.69, 9.17) is 9.72 Å². The van der Waals surface area contributed by atoms with Crippen molar-refractivity contribution in [3.8, 4) is 22.0 Å². The number of thiazole rings is 1. The van der Waals surface area contributed by atoms with Crippen LogP contribution >= 0.6 is 11.3 Å². The van der Waals surface area contributed by atoms with Crippen LogP contribution < -0.4 is 26.4 Å². The molecule has 0 bridgehead atoms. The Hall–Kier alpha value is -7.04. The van der Waals surface area contributed by atoms with Crippen molar-refractivity contribution in [3.63, 3.8) is 0 Å². The van der Waals surface area contributed by atoms with Gasteiger partial charge in [0.15, 0.2) is 11.5 Å². The van der Waals surface area contributed by atoms with E-state index in [2.05, 4.69) is 59.4 Å². The summed E-state index contributed by atoms with van der Waals surface area (Å²) in [6.45, 7) is 19.7. The number of hydrogen-bond acceptors (Lipinski definition) is 16. The maximum atomic E-state index is 14.0. The smallest absolute Gasteiger partial charge is 0.278 e. The molecule has 0 saturated carbocycles. The number of aliphatic hydroxyl groups excluding tert-OH is 1. The van der Waals surface area contributed by atoms with Crippen LogP contribution in [-0.4, -0.2) is 143 Å². The number of aliphatic hydroxyl groups is 2. The summed E-state index contributed by atoms with van der Waals surface area (Å²) in [6, 6.07) is 16.7. The molecular weight excluding hydrogens is 1000 g/mol. The molecule has 6 N–H and O–H groups in total. The molecule has 2 aliphatic rings. The summed E-state index contributed by atoms with van der Waals surface area (Å²) in [5.41, 5.74) is 4.51. The van der Waals surface area contributed by atoms with Gasteiger partial charge < -0.3 is 45.8 Å².